The van der Waals surface area contributed by atoms with Crippen molar-refractivity contribution in [3.8, 4) is 0 Å². The van der Waals surface area contributed by atoms with Crippen LogP contribution in [0.5, 0.6) is 0 Å². The van der Waals surface area contributed by atoms with E-state index < -0.39 is 11.0 Å². The second-order valence-electron chi connectivity index (χ2n) is 3.07. The number of nitrogens with one attached hydrogen (secondary N) is 1. The van der Waals surface area contributed by atoms with Crippen molar-refractivity contribution in [2.45, 2.75) is 32.6 Å². The number of carbonyl (C=O) groups is 1. The zero-order valence-corrected chi connectivity index (χ0v) is 12.0. The summed E-state index contributed by atoms with van der Waals surface area (Å²) in [6, 6.07) is 1.68. The maximum atomic E-state index is 11.6. The number of Topliss-reactive ketones (excluding diaryl/α,β-unsaturated/α-hetero) is 1. The molecule has 1 N–H and O–H groups in total. The van der Waals surface area contributed by atoms with Gasteiger partial charge in [0, 0.05) is 6.20 Å². The predicted octanol–water partition coefficient (Wildman–Crippen LogP) is 2.27. The molecule has 6 heteroatoms. The van der Waals surface area contributed by atoms with Crippen molar-refractivity contribution in [3.63, 3.8) is 0 Å². The van der Waals surface area contributed by atoms with Crippen LogP contribution in [-0.4, -0.2) is 21.5 Å². The summed E-state index contributed by atoms with van der Waals surface area (Å²) in [4.78, 5) is 15.1. The first-order valence-corrected chi connectivity index (χ1v) is 6.80. The molecular formula is C11H17ClN2O2S. The molecule has 1 aromatic rings. The highest BCUT2D eigenvalue weighted by Crippen LogP contribution is 2.14. The van der Waals surface area contributed by atoms with Gasteiger partial charge in [0.1, 0.15) is 21.9 Å². The number of ketones is 1. The molecule has 1 unspecified atom stereocenters. The number of aromatic nitrogens is 1. The van der Waals surface area contributed by atoms with Gasteiger partial charge in [0.15, 0.2) is 0 Å². The molecule has 0 radical (unpaired) electrons. The lowest BCUT2D eigenvalue weighted by atomic mass is 10.3. The number of hydrogen-bond donors (Lipinski definition) is 1. The molecule has 0 saturated carbocycles. The van der Waals surface area contributed by atoms with E-state index in [1.54, 1.807) is 13.0 Å². The van der Waals surface area contributed by atoms with Gasteiger partial charge in [0.05, 0.1) is 11.4 Å². The van der Waals surface area contributed by atoms with Gasteiger partial charge in [0.2, 0.25) is 0 Å². The van der Waals surface area contributed by atoms with Crippen LogP contribution in [0.4, 0.5) is 0 Å². The smallest absolute Gasteiger partial charge is 0.144 e. The van der Waals surface area contributed by atoms with E-state index in [0.29, 0.717) is 10.0 Å². The largest absolute Gasteiger partial charge is 0.299 e. The minimum absolute atomic E-state index is 0.0676. The number of pyridine rings is 1. The fraction of sp³-hybridized carbons (Fsp3) is 0.455. The highest BCUT2D eigenvalue weighted by molar-refractivity contribution is 7.83. The Morgan fingerprint density at radius 1 is 1.53 bits per heavy atom. The van der Waals surface area contributed by atoms with Gasteiger partial charge in [-0.2, -0.15) is 0 Å². The Morgan fingerprint density at radius 2 is 2.12 bits per heavy atom. The summed E-state index contributed by atoms with van der Waals surface area (Å²) in [6.45, 7) is 7.28. The molecule has 1 atom stereocenters. The second kappa shape index (κ2) is 8.33. The van der Waals surface area contributed by atoms with E-state index in [-0.39, 0.29) is 12.3 Å². The SMILES string of the molecule is CC.CC(=O)CNS(=O)c1cnc(Cl)c(C)c1. The van der Waals surface area contributed by atoms with Crippen LogP contribution in [0.3, 0.4) is 0 Å². The monoisotopic (exact) mass is 276 g/mol. The van der Waals surface area contributed by atoms with Gasteiger partial charge >= 0.3 is 0 Å². The van der Waals surface area contributed by atoms with Crippen LogP contribution >= 0.6 is 11.6 Å². The number of hydrogen-bond acceptors (Lipinski definition) is 3. The van der Waals surface area contributed by atoms with E-state index in [2.05, 4.69) is 9.71 Å². The average Bonchev–Trinajstić information content (AvgIpc) is 2.32. The van der Waals surface area contributed by atoms with Crippen molar-refractivity contribution >= 4 is 28.4 Å². The Balaban J connectivity index is 0.00000121. The van der Waals surface area contributed by atoms with Gasteiger partial charge in [0.25, 0.3) is 0 Å². The fourth-order valence-corrected chi connectivity index (χ4v) is 1.92. The molecule has 1 aromatic heterocycles. The van der Waals surface area contributed by atoms with Crippen molar-refractivity contribution in [2.24, 2.45) is 0 Å². The van der Waals surface area contributed by atoms with E-state index in [1.807, 2.05) is 13.8 Å². The van der Waals surface area contributed by atoms with Gasteiger partial charge in [-0.05, 0) is 25.5 Å². The molecule has 0 fully saturated rings. The van der Waals surface area contributed by atoms with Crippen molar-refractivity contribution in [1.82, 2.24) is 9.71 Å². The first kappa shape index (κ1) is 16.2. The summed E-state index contributed by atoms with van der Waals surface area (Å²) in [5.74, 6) is -0.0676. The number of nitrogens with zero attached hydrogens (tertiary/aromatic N) is 1. The predicted molar refractivity (Wildman–Crippen MR) is 70.4 cm³/mol. The molecule has 1 rings (SSSR count). The minimum atomic E-state index is -1.41. The van der Waals surface area contributed by atoms with Crippen molar-refractivity contribution in [3.05, 3.63) is 23.0 Å². The standard InChI is InChI=1S/C9H11ClN2O2S.C2H6/c1-6-3-8(5-11-9(6)10)15(14)12-4-7(2)13;1-2/h3,5,12H,4H2,1-2H3;1-2H3. The Morgan fingerprint density at radius 3 is 2.59 bits per heavy atom. The van der Waals surface area contributed by atoms with Gasteiger partial charge in [-0.3, -0.25) is 4.79 Å². The van der Waals surface area contributed by atoms with E-state index in [4.69, 9.17) is 11.6 Å². The molecule has 96 valence electrons. The first-order chi connectivity index (χ1) is 8.00. The molecule has 0 amide bonds. The molecule has 0 aliphatic rings. The number of carbonyl (C=O) groups excluding carboxylic acids is 1. The highest BCUT2D eigenvalue weighted by Gasteiger charge is 2.06. The van der Waals surface area contributed by atoms with Crippen LogP contribution < -0.4 is 4.72 Å². The van der Waals surface area contributed by atoms with Gasteiger partial charge in [-0.15, -0.1) is 0 Å². The Kier molecular flexibility index (Phi) is 7.95. The molecule has 1 heterocycles. The fourth-order valence-electron chi connectivity index (χ4n) is 0.884. The maximum Gasteiger partial charge on any atom is 0.144 e. The summed E-state index contributed by atoms with van der Waals surface area (Å²) in [6.07, 6.45) is 1.43. The third-order valence-electron chi connectivity index (χ3n) is 1.66. The summed E-state index contributed by atoms with van der Waals surface area (Å²) in [5, 5.41) is 0.391. The lowest BCUT2D eigenvalue weighted by Crippen LogP contribution is -2.23. The summed E-state index contributed by atoms with van der Waals surface area (Å²) in [5.41, 5.74) is 0.757. The Bertz CT molecular complexity index is 410. The quantitative estimate of drug-likeness (QED) is 0.858. The van der Waals surface area contributed by atoms with Crippen LogP contribution in [0.2, 0.25) is 5.15 Å². The topological polar surface area (TPSA) is 59.1 Å². The van der Waals surface area contributed by atoms with E-state index >= 15 is 0 Å². The Labute approximate surface area is 109 Å². The molecule has 0 saturated heterocycles. The Hall–Kier alpha value is -0.780. The van der Waals surface area contributed by atoms with Crippen LogP contribution in [0, 0.1) is 6.92 Å². The highest BCUT2D eigenvalue weighted by atomic mass is 35.5. The third kappa shape index (κ3) is 5.91. The van der Waals surface area contributed by atoms with Gasteiger partial charge < -0.3 is 0 Å². The summed E-state index contributed by atoms with van der Waals surface area (Å²) >= 11 is 5.73. The van der Waals surface area contributed by atoms with E-state index in [0.717, 1.165) is 5.56 Å². The number of aryl methyl sites for hydroxylation is 1. The van der Waals surface area contributed by atoms with Crippen molar-refractivity contribution in [1.29, 1.82) is 0 Å². The zero-order valence-electron chi connectivity index (χ0n) is 10.4. The van der Waals surface area contributed by atoms with E-state index in [9.17, 15) is 9.00 Å². The molecule has 0 bridgehead atoms. The molecule has 17 heavy (non-hydrogen) atoms. The molecule has 4 nitrogen and oxygen atoms in total. The lowest BCUT2D eigenvalue weighted by molar-refractivity contribution is -0.115. The second-order valence-corrected chi connectivity index (χ2v) is 4.73. The summed E-state index contributed by atoms with van der Waals surface area (Å²) < 4.78 is 14.2. The lowest BCUT2D eigenvalue weighted by Gasteiger charge is -2.03. The third-order valence-corrected chi connectivity index (χ3v) is 3.11. The van der Waals surface area contributed by atoms with Crippen LogP contribution in [0.25, 0.3) is 0 Å². The molecule has 0 aliphatic carbocycles. The summed E-state index contributed by atoms with van der Waals surface area (Å²) in [7, 11) is -1.41. The number of rotatable bonds is 4. The van der Waals surface area contributed by atoms with Crippen LogP contribution in [0.15, 0.2) is 17.2 Å². The van der Waals surface area contributed by atoms with E-state index in [1.165, 1.54) is 13.1 Å². The molecule has 0 spiro atoms. The van der Waals surface area contributed by atoms with Gasteiger partial charge in [-0.1, -0.05) is 25.4 Å². The van der Waals surface area contributed by atoms with Crippen LogP contribution in [-0.2, 0) is 15.8 Å². The normalized spacial score (nSPS) is 11.4. The minimum Gasteiger partial charge on any atom is -0.299 e. The maximum absolute atomic E-state index is 11.6. The average molecular weight is 277 g/mol. The molecule has 0 aromatic carbocycles. The molecular weight excluding hydrogens is 260 g/mol. The first-order valence-electron chi connectivity index (χ1n) is 5.27. The van der Waals surface area contributed by atoms with Crippen LogP contribution in [0.1, 0.15) is 26.3 Å². The molecule has 0 aliphatic heterocycles. The van der Waals surface area contributed by atoms with Crippen molar-refractivity contribution in [2.75, 3.05) is 6.54 Å². The van der Waals surface area contributed by atoms with Crippen molar-refractivity contribution < 1.29 is 9.00 Å². The number of halogens is 1. The van der Waals surface area contributed by atoms with Gasteiger partial charge in [-0.25, -0.2) is 13.9 Å². The zero-order chi connectivity index (χ0) is 13.4.